The Bertz CT molecular complexity index is 1180. The quantitative estimate of drug-likeness (QED) is 0.336. The van der Waals surface area contributed by atoms with Crippen molar-refractivity contribution < 1.29 is 18.3 Å². The smallest absolute Gasteiger partial charge is 0.255 e. The highest BCUT2D eigenvalue weighted by atomic mass is 79.9. The number of aromatic hydroxyl groups is 1. The number of carbonyl (C=O) groups is 1. The first-order chi connectivity index (χ1) is 15.4. The molecule has 0 atom stereocenters. The topological polar surface area (TPSA) is 99.1 Å². The number of carbonyl (C=O) groups excluding carboxylic acids is 1. The van der Waals surface area contributed by atoms with Crippen LogP contribution in [0.4, 0.5) is 0 Å². The number of phenolic OH excluding ortho intramolecular Hbond substituents is 1. The van der Waals surface area contributed by atoms with Crippen LogP contribution in [0.25, 0.3) is 0 Å². The van der Waals surface area contributed by atoms with Crippen molar-refractivity contribution in [2.45, 2.75) is 11.3 Å². The minimum Gasteiger partial charge on any atom is -0.507 e. The van der Waals surface area contributed by atoms with Gasteiger partial charge in [-0.15, -0.1) is 0 Å². The summed E-state index contributed by atoms with van der Waals surface area (Å²) in [4.78, 5) is 12.6. The molecule has 0 bridgehead atoms. The Hall–Kier alpha value is -3.01. The summed E-state index contributed by atoms with van der Waals surface area (Å²) < 4.78 is 28.3. The number of phenols is 1. The van der Waals surface area contributed by atoms with E-state index in [1.807, 2.05) is 30.3 Å². The molecule has 3 rings (SSSR count). The van der Waals surface area contributed by atoms with Crippen LogP contribution < -0.4 is 5.43 Å². The maximum absolute atomic E-state index is 13.2. The highest BCUT2D eigenvalue weighted by Crippen LogP contribution is 2.19. The van der Waals surface area contributed by atoms with Gasteiger partial charge in [0.15, 0.2) is 0 Å². The Kier molecular flexibility index (Phi) is 8.15. The van der Waals surface area contributed by atoms with E-state index in [9.17, 15) is 18.3 Å². The van der Waals surface area contributed by atoms with E-state index in [1.165, 1.54) is 24.4 Å². The molecule has 0 heterocycles. The third-order valence-corrected chi connectivity index (χ3v) is 6.98. The minimum atomic E-state index is -3.91. The summed E-state index contributed by atoms with van der Waals surface area (Å²) in [5.41, 5.74) is 3.71. The monoisotopic (exact) mass is 515 g/mol. The molecule has 0 radical (unpaired) electrons. The van der Waals surface area contributed by atoms with E-state index in [-0.39, 0.29) is 17.2 Å². The van der Waals surface area contributed by atoms with Gasteiger partial charge in [-0.1, -0.05) is 58.4 Å². The van der Waals surface area contributed by atoms with Crippen molar-refractivity contribution in [1.82, 2.24) is 9.73 Å². The van der Waals surface area contributed by atoms with E-state index >= 15 is 0 Å². The normalized spacial score (nSPS) is 11.7. The maximum atomic E-state index is 13.2. The second kappa shape index (κ2) is 11.0. The van der Waals surface area contributed by atoms with Crippen molar-refractivity contribution in [3.05, 3.63) is 94.5 Å². The zero-order chi connectivity index (χ0) is 23.0. The number of nitrogens with one attached hydrogen (secondary N) is 1. The lowest BCUT2D eigenvalue weighted by Crippen LogP contribution is -2.40. The van der Waals surface area contributed by atoms with E-state index in [2.05, 4.69) is 26.5 Å². The Labute approximate surface area is 195 Å². The molecule has 2 N–H and O–H groups in total. The average molecular weight is 516 g/mol. The van der Waals surface area contributed by atoms with Gasteiger partial charge in [0.25, 0.3) is 5.91 Å². The predicted octanol–water partition coefficient (Wildman–Crippen LogP) is 3.54. The second-order valence-corrected chi connectivity index (χ2v) is 9.73. The predicted molar refractivity (Wildman–Crippen MR) is 127 cm³/mol. The zero-order valence-electron chi connectivity index (χ0n) is 17.1. The van der Waals surface area contributed by atoms with Gasteiger partial charge >= 0.3 is 0 Å². The number of rotatable bonds is 9. The summed E-state index contributed by atoms with van der Waals surface area (Å²) in [6.07, 6.45) is 1.75. The molecule has 0 unspecified atom stereocenters. The van der Waals surface area contributed by atoms with E-state index in [0.29, 0.717) is 12.0 Å². The SMILES string of the molecule is O=C(CN(CCc1ccccc1)S(=O)(=O)c1ccc(Br)cc1)NN=Cc1ccccc1O. The first-order valence-corrected chi connectivity index (χ1v) is 12.0. The van der Waals surface area contributed by atoms with Crippen LogP contribution in [0.2, 0.25) is 0 Å². The van der Waals surface area contributed by atoms with Crippen molar-refractivity contribution in [3.63, 3.8) is 0 Å². The Morgan fingerprint density at radius 3 is 2.34 bits per heavy atom. The fourth-order valence-electron chi connectivity index (χ4n) is 2.90. The Morgan fingerprint density at radius 1 is 1.00 bits per heavy atom. The van der Waals surface area contributed by atoms with E-state index in [0.717, 1.165) is 14.3 Å². The number of hydrogen-bond acceptors (Lipinski definition) is 5. The summed E-state index contributed by atoms with van der Waals surface area (Å²) in [5.74, 6) is -0.571. The van der Waals surface area contributed by atoms with Crippen LogP contribution in [0.5, 0.6) is 5.75 Å². The van der Waals surface area contributed by atoms with Gasteiger partial charge in [-0.25, -0.2) is 13.8 Å². The fraction of sp³-hybridized carbons (Fsp3) is 0.130. The number of para-hydroxylation sites is 1. The number of benzene rings is 3. The first-order valence-electron chi connectivity index (χ1n) is 9.76. The Morgan fingerprint density at radius 2 is 1.66 bits per heavy atom. The first kappa shape index (κ1) is 23.6. The van der Waals surface area contributed by atoms with Crippen LogP contribution in [-0.2, 0) is 21.2 Å². The zero-order valence-corrected chi connectivity index (χ0v) is 19.5. The van der Waals surface area contributed by atoms with E-state index < -0.39 is 22.5 Å². The number of nitrogens with zero attached hydrogens (tertiary/aromatic N) is 2. The molecule has 3 aromatic rings. The van der Waals surface area contributed by atoms with Gasteiger partial charge in [-0.3, -0.25) is 4.79 Å². The molecule has 0 saturated carbocycles. The van der Waals surface area contributed by atoms with Crippen molar-refractivity contribution in [2.24, 2.45) is 5.10 Å². The van der Waals surface area contributed by atoms with Gasteiger partial charge < -0.3 is 5.11 Å². The molecule has 0 fully saturated rings. The van der Waals surface area contributed by atoms with Gasteiger partial charge in [0, 0.05) is 16.6 Å². The average Bonchev–Trinajstić information content (AvgIpc) is 2.79. The summed E-state index contributed by atoms with van der Waals surface area (Å²) >= 11 is 3.30. The fourth-order valence-corrected chi connectivity index (χ4v) is 4.57. The van der Waals surface area contributed by atoms with Gasteiger partial charge in [0.1, 0.15) is 5.75 Å². The van der Waals surface area contributed by atoms with Crippen LogP contribution in [-0.4, -0.2) is 43.0 Å². The number of hydrogen-bond donors (Lipinski definition) is 2. The molecule has 0 aromatic heterocycles. The molecule has 3 aromatic carbocycles. The van der Waals surface area contributed by atoms with Crippen molar-refractivity contribution in [3.8, 4) is 5.75 Å². The van der Waals surface area contributed by atoms with Crippen molar-refractivity contribution >= 4 is 38.1 Å². The standard InChI is InChI=1S/C23H22BrN3O4S/c24-20-10-12-21(13-11-20)32(30,31)27(15-14-18-6-2-1-3-7-18)17-23(29)26-25-16-19-8-4-5-9-22(19)28/h1-13,16,28H,14-15,17H2,(H,26,29). The van der Waals surface area contributed by atoms with Crippen LogP contribution in [0, 0.1) is 0 Å². The van der Waals surface area contributed by atoms with Gasteiger partial charge in [-0.05, 0) is 48.4 Å². The molecule has 0 aliphatic carbocycles. The molecule has 0 spiro atoms. The third kappa shape index (κ3) is 6.49. The summed E-state index contributed by atoms with van der Waals surface area (Å²) in [6.45, 7) is -0.275. The number of sulfonamides is 1. The molecule has 1 amide bonds. The van der Waals surface area contributed by atoms with Crippen LogP contribution in [0.15, 0.2) is 93.3 Å². The molecule has 7 nitrogen and oxygen atoms in total. The molecule has 0 aliphatic heterocycles. The maximum Gasteiger partial charge on any atom is 0.255 e. The van der Waals surface area contributed by atoms with Crippen LogP contribution in [0.1, 0.15) is 11.1 Å². The van der Waals surface area contributed by atoms with Crippen molar-refractivity contribution in [2.75, 3.05) is 13.1 Å². The Balaban J connectivity index is 1.74. The van der Waals surface area contributed by atoms with Gasteiger partial charge in [0.2, 0.25) is 10.0 Å². The summed E-state index contributed by atoms with van der Waals surface area (Å²) in [6, 6.07) is 22.2. The molecule has 166 valence electrons. The van der Waals surface area contributed by atoms with Gasteiger partial charge in [0.05, 0.1) is 17.7 Å². The van der Waals surface area contributed by atoms with Crippen LogP contribution in [0.3, 0.4) is 0 Å². The molecular formula is C23H22BrN3O4S. The molecule has 9 heteroatoms. The second-order valence-electron chi connectivity index (χ2n) is 6.88. The molecule has 32 heavy (non-hydrogen) atoms. The van der Waals surface area contributed by atoms with E-state index in [4.69, 9.17) is 0 Å². The number of amides is 1. The van der Waals surface area contributed by atoms with E-state index in [1.54, 1.807) is 30.3 Å². The third-order valence-electron chi connectivity index (χ3n) is 4.59. The summed E-state index contributed by atoms with van der Waals surface area (Å²) in [5, 5.41) is 13.6. The minimum absolute atomic E-state index is 0.0211. The van der Waals surface area contributed by atoms with Gasteiger partial charge in [-0.2, -0.15) is 9.41 Å². The summed E-state index contributed by atoms with van der Waals surface area (Å²) in [7, 11) is -3.91. The molecular weight excluding hydrogens is 494 g/mol. The lowest BCUT2D eigenvalue weighted by Gasteiger charge is -2.21. The lowest BCUT2D eigenvalue weighted by molar-refractivity contribution is -0.121. The van der Waals surface area contributed by atoms with Crippen LogP contribution >= 0.6 is 15.9 Å². The molecule has 0 aliphatic rings. The lowest BCUT2D eigenvalue weighted by atomic mass is 10.1. The highest BCUT2D eigenvalue weighted by molar-refractivity contribution is 9.10. The van der Waals surface area contributed by atoms with Crippen molar-refractivity contribution in [1.29, 1.82) is 0 Å². The highest BCUT2D eigenvalue weighted by Gasteiger charge is 2.26. The number of hydrazone groups is 1. The number of halogens is 1. The molecule has 0 saturated heterocycles. The largest absolute Gasteiger partial charge is 0.507 e.